The summed E-state index contributed by atoms with van der Waals surface area (Å²) in [5, 5.41) is 2.72. The molecule has 1 aliphatic rings. The van der Waals surface area contributed by atoms with Gasteiger partial charge in [0.1, 0.15) is 0 Å². The summed E-state index contributed by atoms with van der Waals surface area (Å²) in [5.41, 5.74) is 3.45. The molecule has 2 rings (SSSR count). The maximum absolute atomic E-state index is 12.6. The Balaban J connectivity index is 1.94. The van der Waals surface area contributed by atoms with E-state index in [1.165, 1.54) is 18.4 Å². The van der Waals surface area contributed by atoms with Crippen LogP contribution < -0.4 is 10.2 Å². The van der Waals surface area contributed by atoms with Gasteiger partial charge in [0.15, 0.2) is 0 Å². The van der Waals surface area contributed by atoms with Gasteiger partial charge in [-0.15, -0.1) is 0 Å². The summed E-state index contributed by atoms with van der Waals surface area (Å²) in [7, 11) is 3.54. The minimum Gasteiger partial charge on any atom is -0.383 e. The van der Waals surface area contributed by atoms with Crippen molar-refractivity contribution >= 4 is 11.7 Å². The molecule has 1 heterocycles. The van der Waals surface area contributed by atoms with E-state index in [1.54, 1.807) is 0 Å². The molecule has 1 aromatic carbocycles. The highest BCUT2D eigenvalue weighted by Crippen LogP contribution is 2.26. The second-order valence-corrected chi connectivity index (χ2v) is 5.98. The molecule has 1 N–H and O–H groups in total. The van der Waals surface area contributed by atoms with Gasteiger partial charge in [0.05, 0.1) is 13.2 Å². The van der Waals surface area contributed by atoms with Crippen molar-refractivity contribution in [2.45, 2.75) is 25.8 Å². The SMILES string of the molecule is COCCN(CC(F)F)C(=O)NCc1ccc2c(c1)CCCN2C. The average Bonchev–Trinajstić information content (AvgIpc) is 2.56. The first kappa shape index (κ1) is 18.4. The number of aryl methyl sites for hydroxylation is 1. The van der Waals surface area contributed by atoms with Crippen LogP contribution in [-0.4, -0.2) is 57.8 Å². The van der Waals surface area contributed by atoms with Crippen LogP contribution in [0, 0.1) is 0 Å². The second-order valence-electron chi connectivity index (χ2n) is 5.98. The summed E-state index contributed by atoms with van der Waals surface area (Å²) >= 11 is 0. The van der Waals surface area contributed by atoms with E-state index in [0.717, 1.165) is 29.8 Å². The fourth-order valence-corrected chi connectivity index (χ4v) is 2.88. The normalized spacial score (nSPS) is 13.8. The first-order valence-corrected chi connectivity index (χ1v) is 8.14. The number of hydrogen-bond acceptors (Lipinski definition) is 3. The molecule has 0 radical (unpaired) electrons. The molecule has 0 spiro atoms. The number of ether oxygens (including phenoxy) is 1. The molecule has 0 aromatic heterocycles. The Morgan fingerprint density at radius 2 is 2.25 bits per heavy atom. The van der Waals surface area contributed by atoms with Crippen molar-refractivity contribution in [3.8, 4) is 0 Å². The summed E-state index contributed by atoms with van der Waals surface area (Å²) in [6.45, 7) is 1.14. The number of carbonyl (C=O) groups is 1. The molecule has 0 saturated carbocycles. The highest BCUT2D eigenvalue weighted by atomic mass is 19.3. The van der Waals surface area contributed by atoms with Crippen LogP contribution in [0.1, 0.15) is 17.5 Å². The van der Waals surface area contributed by atoms with Gasteiger partial charge in [-0.25, -0.2) is 13.6 Å². The maximum Gasteiger partial charge on any atom is 0.317 e. The number of urea groups is 1. The summed E-state index contributed by atoms with van der Waals surface area (Å²) < 4.78 is 30.1. The van der Waals surface area contributed by atoms with Crippen LogP contribution in [-0.2, 0) is 17.7 Å². The minimum absolute atomic E-state index is 0.141. The summed E-state index contributed by atoms with van der Waals surface area (Å²) in [5.74, 6) is 0. The molecule has 0 unspecified atom stereocenters. The van der Waals surface area contributed by atoms with Crippen molar-refractivity contribution in [1.29, 1.82) is 0 Å². The van der Waals surface area contributed by atoms with Crippen LogP contribution in [0.15, 0.2) is 18.2 Å². The van der Waals surface area contributed by atoms with Crippen molar-refractivity contribution in [2.75, 3.05) is 45.3 Å². The molecule has 24 heavy (non-hydrogen) atoms. The van der Waals surface area contributed by atoms with Crippen LogP contribution in [0.2, 0.25) is 0 Å². The predicted molar refractivity (Wildman–Crippen MR) is 89.7 cm³/mol. The third kappa shape index (κ3) is 5.06. The van der Waals surface area contributed by atoms with E-state index in [2.05, 4.69) is 29.4 Å². The molecular weight excluding hydrogens is 316 g/mol. The average molecular weight is 341 g/mol. The van der Waals surface area contributed by atoms with Crippen LogP contribution in [0.25, 0.3) is 0 Å². The van der Waals surface area contributed by atoms with Gasteiger partial charge < -0.3 is 19.9 Å². The van der Waals surface area contributed by atoms with Gasteiger partial charge in [-0.05, 0) is 30.0 Å². The van der Waals surface area contributed by atoms with Gasteiger partial charge in [-0.1, -0.05) is 12.1 Å². The van der Waals surface area contributed by atoms with Crippen molar-refractivity contribution in [1.82, 2.24) is 10.2 Å². The first-order valence-electron chi connectivity index (χ1n) is 8.14. The largest absolute Gasteiger partial charge is 0.383 e. The Kier molecular flexibility index (Phi) is 6.78. The molecular formula is C17H25F2N3O2. The zero-order valence-corrected chi connectivity index (χ0v) is 14.2. The number of amides is 2. The highest BCUT2D eigenvalue weighted by molar-refractivity contribution is 5.74. The number of methoxy groups -OCH3 is 1. The number of rotatable bonds is 7. The number of alkyl halides is 2. The fourth-order valence-electron chi connectivity index (χ4n) is 2.88. The van der Waals surface area contributed by atoms with E-state index in [0.29, 0.717) is 6.54 Å². The van der Waals surface area contributed by atoms with Gasteiger partial charge in [0, 0.05) is 39.5 Å². The standard InChI is InChI=1S/C17H25F2N3O2/c1-21-7-3-4-14-10-13(5-6-15(14)21)11-20-17(23)22(8-9-24-2)12-16(18)19/h5-6,10,16H,3-4,7-9,11-12H2,1-2H3,(H,20,23). The van der Waals surface area contributed by atoms with Crippen LogP contribution >= 0.6 is 0 Å². The van der Waals surface area contributed by atoms with Crippen molar-refractivity contribution in [2.24, 2.45) is 0 Å². The van der Waals surface area contributed by atoms with Crippen molar-refractivity contribution in [3.05, 3.63) is 29.3 Å². The Labute approximate surface area is 141 Å². The number of nitrogens with one attached hydrogen (secondary N) is 1. The Morgan fingerprint density at radius 3 is 2.96 bits per heavy atom. The van der Waals surface area contributed by atoms with E-state index in [9.17, 15) is 13.6 Å². The molecule has 0 saturated heterocycles. The number of anilines is 1. The summed E-state index contributed by atoms with van der Waals surface area (Å²) in [6.07, 6.45) is -0.433. The number of carbonyl (C=O) groups excluding carboxylic acids is 1. The fraction of sp³-hybridized carbons (Fsp3) is 0.588. The molecule has 134 valence electrons. The summed E-state index contributed by atoms with van der Waals surface area (Å²) in [6, 6.07) is 5.60. The van der Waals surface area contributed by atoms with Crippen molar-refractivity contribution < 1.29 is 18.3 Å². The van der Waals surface area contributed by atoms with Crippen LogP contribution in [0.4, 0.5) is 19.3 Å². The third-order valence-electron chi connectivity index (χ3n) is 4.15. The molecule has 0 atom stereocenters. The maximum atomic E-state index is 12.6. The van der Waals surface area contributed by atoms with Gasteiger partial charge in [-0.2, -0.15) is 0 Å². The van der Waals surface area contributed by atoms with E-state index in [4.69, 9.17) is 4.74 Å². The Morgan fingerprint density at radius 1 is 1.46 bits per heavy atom. The molecule has 0 fully saturated rings. The molecule has 5 nitrogen and oxygen atoms in total. The Bertz CT molecular complexity index is 555. The van der Waals surface area contributed by atoms with E-state index >= 15 is 0 Å². The molecule has 2 amide bonds. The zero-order chi connectivity index (χ0) is 17.5. The van der Waals surface area contributed by atoms with E-state index in [1.807, 2.05) is 6.07 Å². The predicted octanol–water partition coefficient (Wildman–Crippen LogP) is 2.49. The number of nitrogens with zero attached hydrogens (tertiary/aromatic N) is 2. The molecule has 0 aliphatic carbocycles. The zero-order valence-electron chi connectivity index (χ0n) is 14.2. The molecule has 7 heteroatoms. The van der Waals surface area contributed by atoms with Gasteiger partial charge in [0.2, 0.25) is 0 Å². The lowest BCUT2D eigenvalue weighted by molar-refractivity contribution is 0.0834. The lowest BCUT2D eigenvalue weighted by Gasteiger charge is -2.28. The van der Waals surface area contributed by atoms with Crippen LogP contribution in [0.3, 0.4) is 0 Å². The minimum atomic E-state index is -2.56. The lowest BCUT2D eigenvalue weighted by atomic mass is 9.99. The second kappa shape index (κ2) is 8.82. The van der Waals surface area contributed by atoms with E-state index < -0.39 is 19.0 Å². The first-order chi connectivity index (χ1) is 11.5. The quantitative estimate of drug-likeness (QED) is 0.829. The smallest absolute Gasteiger partial charge is 0.317 e. The van der Waals surface area contributed by atoms with Gasteiger partial charge in [-0.3, -0.25) is 0 Å². The number of hydrogen-bond donors (Lipinski definition) is 1. The lowest BCUT2D eigenvalue weighted by Crippen LogP contribution is -2.43. The summed E-state index contributed by atoms with van der Waals surface area (Å²) in [4.78, 5) is 15.4. The number of benzene rings is 1. The van der Waals surface area contributed by atoms with E-state index in [-0.39, 0.29) is 13.2 Å². The highest BCUT2D eigenvalue weighted by Gasteiger charge is 2.18. The molecule has 1 aliphatic heterocycles. The van der Waals surface area contributed by atoms with Crippen molar-refractivity contribution in [3.63, 3.8) is 0 Å². The molecule has 1 aromatic rings. The number of fused-ring (bicyclic) bond motifs is 1. The number of halogens is 2. The van der Waals surface area contributed by atoms with Gasteiger partial charge in [0.25, 0.3) is 6.43 Å². The Hall–Kier alpha value is -1.89. The topological polar surface area (TPSA) is 44.8 Å². The monoisotopic (exact) mass is 341 g/mol. The van der Waals surface area contributed by atoms with Crippen LogP contribution in [0.5, 0.6) is 0 Å². The molecule has 0 bridgehead atoms. The van der Waals surface area contributed by atoms with Gasteiger partial charge >= 0.3 is 6.03 Å². The third-order valence-corrected chi connectivity index (χ3v) is 4.15.